The normalized spacial score (nSPS) is 20.0. The zero-order chi connectivity index (χ0) is 22.0. The summed E-state index contributed by atoms with van der Waals surface area (Å²) in [7, 11) is 0. The molecular weight excluding hydrogens is 420 g/mol. The highest BCUT2D eigenvalue weighted by atomic mass is 35.5. The third-order valence-electron chi connectivity index (χ3n) is 6.12. The third kappa shape index (κ3) is 4.74. The number of nitrogens with two attached hydrogens (primary N) is 1. The minimum atomic E-state index is -0.380. The van der Waals surface area contributed by atoms with Gasteiger partial charge in [-0.1, -0.05) is 22.8 Å². The minimum Gasteiger partial charge on any atom is -0.369 e. The molecule has 0 aliphatic carbocycles. The quantitative estimate of drug-likeness (QED) is 0.779. The Morgan fingerprint density at radius 2 is 1.81 bits per heavy atom. The summed E-state index contributed by atoms with van der Waals surface area (Å²) in [4.78, 5) is 40.3. The molecule has 0 spiro atoms. The molecule has 1 aromatic carbocycles. The molecule has 3 amide bonds. The summed E-state index contributed by atoms with van der Waals surface area (Å²) in [5.41, 5.74) is 6.70. The summed E-state index contributed by atoms with van der Waals surface area (Å²) in [6, 6.07) is 8.64. The Balaban J connectivity index is 1.35. The third-order valence-corrected chi connectivity index (χ3v) is 6.36. The lowest BCUT2D eigenvalue weighted by atomic mass is 9.93. The first-order chi connectivity index (χ1) is 14.9. The Morgan fingerprint density at radius 3 is 2.52 bits per heavy atom. The molecule has 9 heteroatoms. The molecule has 164 valence electrons. The second kappa shape index (κ2) is 9.09. The highest BCUT2D eigenvalue weighted by Gasteiger charge is 2.31. The van der Waals surface area contributed by atoms with Crippen LogP contribution in [0.1, 0.15) is 58.2 Å². The van der Waals surface area contributed by atoms with Crippen molar-refractivity contribution in [3.8, 4) is 0 Å². The molecule has 0 bridgehead atoms. The maximum atomic E-state index is 12.8. The summed E-state index contributed by atoms with van der Waals surface area (Å²) < 4.78 is 5.33. The molecule has 1 aromatic heterocycles. The first-order valence-corrected chi connectivity index (χ1v) is 10.9. The maximum Gasteiger partial charge on any atom is 0.292 e. The average Bonchev–Trinajstić information content (AvgIpc) is 3.28. The van der Waals surface area contributed by atoms with Crippen molar-refractivity contribution in [1.82, 2.24) is 15.0 Å². The summed E-state index contributed by atoms with van der Waals surface area (Å²) in [5, 5.41) is 4.65. The predicted octanol–water partition coefficient (Wildman–Crippen LogP) is 2.69. The lowest BCUT2D eigenvalue weighted by Crippen LogP contribution is -2.44. The number of carbonyl (C=O) groups is 3. The molecule has 0 radical (unpaired) electrons. The van der Waals surface area contributed by atoms with Gasteiger partial charge in [0.05, 0.1) is 11.6 Å². The summed E-state index contributed by atoms with van der Waals surface area (Å²) in [6.07, 6.45) is 2.91. The molecular formula is C22H25ClN4O4. The number of nitrogens with zero attached hydrogens (tertiary/aromatic N) is 3. The average molecular weight is 445 g/mol. The molecule has 2 aliphatic heterocycles. The SMILES string of the molecule is NC(=O)[C@@H]1CCCN(C(=O)c2cc(C3CCN(C(=O)c4cccc(Cl)c4)CC3)no2)C1. The largest absolute Gasteiger partial charge is 0.369 e. The standard InChI is InChI=1S/C22H25ClN4O4/c23-17-5-1-3-15(11-17)21(29)26-9-6-14(7-10-26)18-12-19(31-25-18)22(30)27-8-2-4-16(13-27)20(24)28/h1,3,5,11-12,14,16H,2,4,6-10,13H2,(H2,24,28)/t16-/m1/s1. The zero-order valence-electron chi connectivity index (χ0n) is 17.1. The molecule has 3 heterocycles. The minimum absolute atomic E-state index is 0.0360. The van der Waals surface area contributed by atoms with Crippen LogP contribution in [0.2, 0.25) is 5.02 Å². The molecule has 2 aliphatic rings. The van der Waals surface area contributed by atoms with Gasteiger partial charge in [-0.2, -0.15) is 0 Å². The van der Waals surface area contributed by atoms with E-state index in [-0.39, 0.29) is 35.3 Å². The fraction of sp³-hybridized carbons (Fsp3) is 0.455. The van der Waals surface area contributed by atoms with Crippen LogP contribution in [0.25, 0.3) is 0 Å². The molecule has 2 fully saturated rings. The van der Waals surface area contributed by atoms with Crippen molar-refractivity contribution in [2.75, 3.05) is 26.2 Å². The number of rotatable bonds is 4. The number of hydrogen-bond donors (Lipinski definition) is 1. The van der Waals surface area contributed by atoms with E-state index in [4.69, 9.17) is 21.9 Å². The van der Waals surface area contributed by atoms with Gasteiger partial charge >= 0.3 is 0 Å². The molecule has 8 nitrogen and oxygen atoms in total. The van der Waals surface area contributed by atoms with Crippen molar-refractivity contribution in [3.05, 3.63) is 52.4 Å². The first kappa shape index (κ1) is 21.4. The van der Waals surface area contributed by atoms with Crippen molar-refractivity contribution < 1.29 is 18.9 Å². The Labute approximate surface area is 185 Å². The van der Waals surface area contributed by atoms with Crippen LogP contribution in [0.4, 0.5) is 0 Å². The topological polar surface area (TPSA) is 110 Å². The molecule has 1 atom stereocenters. The van der Waals surface area contributed by atoms with Gasteiger partial charge in [0, 0.05) is 48.7 Å². The van der Waals surface area contributed by atoms with Crippen molar-refractivity contribution in [2.24, 2.45) is 11.7 Å². The van der Waals surface area contributed by atoms with Gasteiger partial charge in [0.2, 0.25) is 11.7 Å². The monoisotopic (exact) mass is 444 g/mol. The van der Waals surface area contributed by atoms with Crippen LogP contribution < -0.4 is 5.73 Å². The number of primary amides is 1. The van der Waals surface area contributed by atoms with Gasteiger partial charge in [-0.05, 0) is 43.9 Å². The molecule has 2 N–H and O–H groups in total. The van der Waals surface area contributed by atoms with Crippen molar-refractivity contribution in [2.45, 2.75) is 31.6 Å². The zero-order valence-corrected chi connectivity index (χ0v) is 17.9. The summed E-state index contributed by atoms with van der Waals surface area (Å²) in [5.74, 6) is -0.702. The van der Waals surface area contributed by atoms with Gasteiger partial charge in [0.1, 0.15) is 0 Å². The van der Waals surface area contributed by atoms with Gasteiger partial charge in [-0.3, -0.25) is 14.4 Å². The van der Waals surface area contributed by atoms with E-state index >= 15 is 0 Å². The van der Waals surface area contributed by atoms with E-state index in [9.17, 15) is 14.4 Å². The Morgan fingerprint density at radius 1 is 1.03 bits per heavy atom. The molecule has 31 heavy (non-hydrogen) atoms. The van der Waals surface area contributed by atoms with Crippen molar-refractivity contribution in [3.63, 3.8) is 0 Å². The van der Waals surface area contributed by atoms with E-state index in [1.165, 1.54) is 0 Å². The summed E-state index contributed by atoms with van der Waals surface area (Å²) in [6.45, 7) is 2.08. The van der Waals surface area contributed by atoms with Gasteiger partial charge in [-0.15, -0.1) is 0 Å². The summed E-state index contributed by atoms with van der Waals surface area (Å²) >= 11 is 6.00. The van der Waals surface area contributed by atoms with Crippen LogP contribution in [-0.4, -0.2) is 58.9 Å². The van der Waals surface area contributed by atoms with E-state index in [2.05, 4.69) is 5.16 Å². The highest BCUT2D eigenvalue weighted by molar-refractivity contribution is 6.30. The van der Waals surface area contributed by atoms with E-state index in [1.807, 2.05) is 4.90 Å². The van der Waals surface area contributed by atoms with E-state index in [1.54, 1.807) is 35.2 Å². The second-order valence-corrected chi connectivity index (χ2v) is 8.62. The van der Waals surface area contributed by atoms with E-state index in [0.29, 0.717) is 43.2 Å². The number of benzene rings is 1. The van der Waals surface area contributed by atoms with Gasteiger partial charge in [0.15, 0.2) is 0 Å². The number of halogens is 1. The van der Waals surface area contributed by atoms with Crippen molar-refractivity contribution >= 4 is 29.3 Å². The van der Waals surface area contributed by atoms with Crippen molar-refractivity contribution in [1.29, 1.82) is 0 Å². The molecule has 2 aromatic rings. The Bertz CT molecular complexity index is 983. The predicted molar refractivity (Wildman–Crippen MR) is 114 cm³/mol. The lowest BCUT2D eigenvalue weighted by Gasteiger charge is -2.31. The number of piperidine rings is 2. The number of hydrogen-bond acceptors (Lipinski definition) is 5. The maximum absolute atomic E-state index is 12.8. The molecule has 4 rings (SSSR count). The molecule has 0 unspecified atom stereocenters. The second-order valence-electron chi connectivity index (χ2n) is 8.19. The van der Waals surface area contributed by atoms with Gasteiger partial charge < -0.3 is 20.1 Å². The lowest BCUT2D eigenvalue weighted by molar-refractivity contribution is -0.123. The van der Waals surface area contributed by atoms with Gasteiger partial charge in [0.25, 0.3) is 11.8 Å². The Hall–Kier alpha value is -2.87. The molecule has 2 saturated heterocycles. The fourth-order valence-corrected chi connectivity index (χ4v) is 4.50. The fourth-order valence-electron chi connectivity index (χ4n) is 4.31. The number of carbonyl (C=O) groups excluding carboxylic acids is 3. The number of aromatic nitrogens is 1. The smallest absolute Gasteiger partial charge is 0.292 e. The van der Waals surface area contributed by atoms with E-state index < -0.39 is 0 Å². The van der Waals surface area contributed by atoms with Crippen LogP contribution >= 0.6 is 11.6 Å². The number of amides is 3. The number of likely N-dealkylation sites (tertiary alicyclic amines) is 2. The highest BCUT2D eigenvalue weighted by Crippen LogP contribution is 2.29. The van der Waals surface area contributed by atoms with Crippen LogP contribution in [0.3, 0.4) is 0 Å². The van der Waals surface area contributed by atoms with Gasteiger partial charge in [-0.25, -0.2) is 0 Å². The van der Waals surface area contributed by atoms with Crippen LogP contribution in [0, 0.1) is 5.92 Å². The van der Waals surface area contributed by atoms with Crippen LogP contribution in [0.15, 0.2) is 34.9 Å². The molecule has 0 saturated carbocycles. The first-order valence-electron chi connectivity index (χ1n) is 10.5. The Kier molecular flexibility index (Phi) is 6.27. The van der Waals surface area contributed by atoms with Crippen LogP contribution in [0.5, 0.6) is 0 Å². The van der Waals surface area contributed by atoms with E-state index in [0.717, 1.165) is 25.0 Å². The van der Waals surface area contributed by atoms with Crippen LogP contribution in [-0.2, 0) is 4.79 Å².